The molecule has 2 aromatic rings. The Hall–Kier alpha value is -2.45. The zero-order valence-corrected chi connectivity index (χ0v) is 12.4. The molecule has 0 fully saturated rings. The summed E-state index contributed by atoms with van der Waals surface area (Å²) >= 11 is 0. The van der Waals surface area contributed by atoms with Crippen molar-refractivity contribution >= 4 is 25.7 Å². The number of hydrogen-bond acceptors (Lipinski definition) is 4. The van der Waals surface area contributed by atoms with Gasteiger partial charge in [-0.25, -0.2) is 19.6 Å². The normalized spacial score (nSPS) is 8.00. The molecule has 4 nitrogen and oxygen atoms in total. The molecule has 0 N–H and O–H groups in total. The summed E-state index contributed by atoms with van der Waals surface area (Å²) in [5, 5.41) is 0. The van der Waals surface area contributed by atoms with Crippen LogP contribution in [-0.4, -0.2) is 12.2 Å². The van der Waals surface area contributed by atoms with E-state index in [4.69, 9.17) is 0 Å². The van der Waals surface area contributed by atoms with Crippen LogP contribution in [0.3, 0.4) is 0 Å². The average Bonchev–Trinajstić information content (AvgIpc) is 2.53. The number of carbonyl (C=O) groups excluding carboxylic acids is 2. The van der Waals surface area contributed by atoms with Crippen LogP contribution < -0.4 is 0 Å². The molecular formula is C16H16N2O2S. The van der Waals surface area contributed by atoms with E-state index in [1.807, 2.05) is 60.7 Å². The second-order valence-electron chi connectivity index (χ2n) is 3.79. The maximum Gasteiger partial charge on any atom is 0.235 e. The van der Waals surface area contributed by atoms with E-state index in [9.17, 15) is 9.59 Å². The van der Waals surface area contributed by atoms with E-state index >= 15 is 0 Å². The lowest BCUT2D eigenvalue weighted by Gasteiger charge is -1.89. The lowest BCUT2D eigenvalue weighted by molar-refractivity contribution is 0.562. The molecule has 2 aromatic carbocycles. The molecule has 0 unspecified atom stereocenters. The van der Waals surface area contributed by atoms with E-state index in [-0.39, 0.29) is 13.5 Å². The predicted molar refractivity (Wildman–Crippen MR) is 86.9 cm³/mol. The van der Waals surface area contributed by atoms with Crippen LogP contribution in [0.2, 0.25) is 0 Å². The molecule has 0 heterocycles. The fourth-order valence-corrected chi connectivity index (χ4v) is 1.41. The van der Waals surface area contributed by atoms with Crippen molar-refractivity contribution in [3.63, 3.8) is 0 Å². The zero-order valence-electron chi connectivity index (χ0n) is 11.4. The van der Waals surface area contributed by atoms with Crippen molar-refractivity contribution in [1.29, 1.82) is 0 Å². The van der Waals surface area contributed by atoms with Gasteiger partial charge in [0.2, 0.25) is 12.2 Å². The van der Waals surface area contributed by atoms with Crippen LogP contribution in [0.1, 0.15) is 11.1 Å². The van der Waals surface area contributed by atoms with E-state index in [0.29, 0.717) is 13.1 Å². The zero-order chi connectivity index (χ0) is 14.5. The lowest BCUT2D eigenvalue weighted by atomic mass is 10.2. The third kappa shape index (κ3) is 9.14. The largest absolute Gasteiger partial charge is 0.235 e. The second-order valence-corrected chi connectivity index (χ2v) is 3.79. The van der Waals surface area contributed by atoms with Crippen molar-refractivity contribution in [2.45, 2.75) is 13.1 Å². The summed E-state index contributed by atoms with van der Waals surface area (Å²) in [6.07, 6.45) is 2.98. The van der Waals surface area contributed by atoms with Gasteiger partial charge in [-0.2, -0.15) is 13.5 Å². The van der Waals surface area contributed by atoms with Crippen molar-refractivity contribution in [2.75, 3.05) is 0 Å². The molecule has 0 spiro atoms. The minimum absolute atomic E-state index is 0. The summed E-state index contributed by atoms with van der Waals surface area (Å²) in [4.78, 5) is 26.2. The van der Waals surface area contributed by atoms with Gasteiger partial charge in [-0.05, 0) is 11.1 Å². The van der Waals surface area contributed by atoms with E-state index in [1.165, 1.54) is 12.2 Å². The van der Waals surface area contributed by atoms with Gasteiger partial charge in [0, 0.05) is 0 Å². The first kappa shape index (κ1) is 18.6. The van der Waals surface area contributed by atoms with Crippen LogP contribution >= 0.6 is 13.5 Å². The number of aliphatic imine (C=N–C) groups is 2. The Balaban J connectivity index is 0.000000364. The highest BCUT2D eigenvalue weighted by Gasteiger charge is 1.85. The Kier molecular flexibility index (Phi) is 11.1. The van der Waals surface area contributed by atoms with Crippen LogP contribution in [0, 0.1) is 0 Å². The molecule has 0 aliphatic heterocycles. The number of nitrogens with zero attached hydrogens (tertiary/aromatic N) is 2. The average molecular weight is 300 g/mol. The minimum Gasteiger partial charge on any atom is -0.211 e. The first-order valence-electron chi connectivity index (χ1n) is 6.02. The quantitative estimate of drug-likeness (QED) is 0.643. The molecule has 0 bridgehead atoms. The van der Waals surface area contributed by atoms with Gasteiger partial charge in [0.15, 0.2) is 0 Å². The van der Waals surface area contributed by atoms with Crippen molar-refractivity contribution in [3.05, 3.63) is 71.8 Å². The van der Waals surface area contributed by atoms with Crippen LogP contribution in [0.5, 0.6) is 0 Å². The van der Waals surface area contributed by atoms with Gasteiger partial charge in [0.05, 0.1) is 13.1 Å². The summed E-state index contributed by atoms with van der Waals surface area (Å²) < 4.78 is 0. The van der Waals surface area contributed by atoms with Crippen molar-refractivity contribution in [2.24, 2.45) is 9.98 Å². The molecule has 0 saturated carbocycles. The monoisotopic (exact) mass is 300 g/mol. The molecule has 5 heteroatoms. The van der Waals surface area contributed by atoms with Crippen molar-refractivity contribution in [3.8, 4) is 0 Å². The SMILES string of the molecule is O=C=NCc1ccccc1.O=C=NCc1ccccc1.S. The fraction of sp³-hybridized carbons (Fsp3) is 0.125. The van der Waals surface area contributed by atoms with Gasteiger partial charge in [-0.1, -0.05) is 60.7 Å². The van der Waals surface area contributed by atoms with E-state index in [0.717, 1.165) is 11.1 Å². The Morgan fingerprint density at radius 1 is 0.667 bits per heavy atom. The highest BCUT2D eigenvalue weighted by Crippen LogP contribution is 1.99. The third-order valence-electron chi connectivity index (χ3n) is 2.34. The van der Waals surface area contributed by atoms with E-state index in [2.05, 4.69) is 9.98 Å². The Morgan fingerprint density at radius 2 is 1.00 bits per heavy atom. The summed E-state index contributed by atoms with van der Waals surface area (Å²) in [5.74, 6) is 0. The summed E-state index contributed by atoms with van der Waals surface area (Å²) in [7, 11) is 0. The van der Waals surface area contributed by atoms with Gasteiger partial charge in [0.1, 0.15) is 0 Å². The van der Waals surface area contributed by atoms with Gasteiger partial charge >= 0.3 is 0 Å². The summed E-state index contributed by atoms with van der Waals surface area (Å²) in [6.45, 7) is 0.870. The number of rotatable bonds is 4. The topological polar surface area (TPSA) is 58.9 Å². The Morgan fingerprint density at radius 3 is 1.29 bits per heavy atom. The smallest absolute Gasteiger partial charge is 0.211 e. The molecule has 108 valence electrons. The predicted octanol–water partition coefficient (Wildman–Crippen LogP) is 3.16. The van der Waals surface area contributed by atoms with Gasteiger partial charge in [-0.15, -0.1) is 0 Å². The van der Waals surface area contributed by atoms with Crippen LogP contribution in [-0.2, 0) is 22.7 Å². The van der Waals surface area contributed by atoms with Gasteiger partial charge < -0.3 is 0 Å². The Labute approximate surface area is 130 Å². The van der Waals surface area contributed by atoms with E-state index in [1.54, 1.807) is 0 Å². The first-order valence-corrected chi connectivity index (χ1v) is 6.02. The number of hydrogen-bond donors (Lipinski definition) is 0. The summed E-state index contributed by atoms with van der Waals surface area (Å²) in [5.41, 5.74) is 2.07. The van der Waals surface area contributed by atoms with Gasteiger partial charge in [-0.3, -0.25) is 0 Å². The molecule has 0 atom stereocenters. The highest BCUT2D eigenvalue weighted by molar-refractivity contribution is 7.59. The minimum atomic E-state index is 0. The molecule has 0 radical (unpaired) electrons. The molecule has 0 aliphatic carbocycles. The van der Waals surface area contributed by atoms with Crippen LogP contribution in [0.25, 0.3) is 0 Å². The molecule has 0 aromatic heterocycles. The molecule has 0 aliphatic rings. The molecule has 2 rings (SSSR count). The van der Waals surface area contributed by atoms with Crippen molar-refractivity contribution < 1.29 is 9.59 Å². The molecule has 21 heavy (non-hydrogen) atoms. The maximum atomic E-state index is 9.69. The lowest BCUT2D eigenvalue weighted by Crippen LogP contribution is -1.77. The highest BCUT2D eigenvalue weighted by atomic mass is 32.1. The first-order chi connectivity index (χ1) is 9.86. The van der Waals surface area contributed by atoms with Gasteiger partial charge in [0.25, 0.3) is 0 Å². The second kappa shape index (κ2) is 12.6. The third-order valence-corrected chi connectivity index (χ3v) is 2.34. The fourth-order valence-electron chi connectivity index (χ4n) is 1.41. The molecule has 0 saturated heterocycles. The van der Waals surface area contributed by atoms with Crippen molar-refractivity contribution in [1.82, 2.24) is 0 Å². The van der Waals surface area contributed by atoms with E-state index < -0.39 is 0 Å². The summed E-state index contributed by atoms with van der Waals surface area (Å²) in [6, 6.07) is 19.2. The number of isocyanates is 2. The number of benzene rings is 2. The maximum absolute atomic E-state index is 9.69. The Bertz CT molecular complexity index is 535. The molecule has 0 amide bonds. The standard InChI is InChI=1S/2C8H7NO.H2S/c2*10-7-9-6-8-4-2-1-3-5-8;/h2*1-5H,6H2;1H2. The molecular weight excluding hydrogens is 284 g/mol. The van der Waals surface area contributed by atoms with Crippen LogP contribution in [0.15, 0.2) is 70.6 Å². The van der Waals surface area contributed by atoms with Crippen LogP contribution in [0.4, 0.5) is 0 Å².